The molecule has 2 N–H and O–H groups in total. The third-order valence-electron chi connectivity index (χ3n) is 2.99. The van der Waals surface area contributed by atoms with Gasteiger partial charge >= 0.3 is 0 Å². The van der Waals surface area contributed by atoms with Crippen molar-refractivity contribution >= 4 is 16.8 Å². The topological polar surface area (TPSA) is 57.0 Å². The Kier molecular flexibility index (Phi) is 1.98. The van der Waals surface area contributed by atoms with Gasteiger partial charge in [-0.05, 0) is 25.1 Å². The second-order valence-electron chi connectivity index (χ2n) is 4.27. The lowest BCUT2D eigenvalue weighted by atomic mass is 10.2. The number of nitrogen functional groups attached to an aromatic ring is 1. The molecule has 17 heavy (non-hydrogen) atoms. The predicted octanol–water partition coefficient (Wildman–Crippen LogP) is 2.72. The fraction of sp³-hybridized carbons (Fsp3) is 0.154. The van der Waals surface area contributed by atoms with E-state index in [2.05, 4.69) is 40.9 Å². The number of benzene rings is 1. The van der Waals surface area contributed by atoms with E-state index in [0.29, 0.717) is 5.88 Å². The van der Waals surface area contributed by atoms with Crippen molar-refractivity contribution in [2.45, 2.75) is 6.92 Å². The van der Waals surface area contributed by atoms with Crippen LogP contribution in [0, 0.1) is 6.92 Å². The molecule has 0 aliphatic carbocycles. The van der Waals surface area contributed by atoms with Gasteiger partial charge in [-0.2, -0.15) is 0 Å². The van der Waals surface area contributed by atoms with E-state index in [-0.39, 0.29) is 0 Å². The summed E-state index contributed by atoms with van der Waals surface area (Å²) in [6.45, 7) is 2.08. The minimum absolute atomic E-state index is 0.335. The molecule has 2 aromatic heterocycles. The third-order valence-corrected chi connectivity index (χ3v) is 2.99. The third kappa shape index (κ3) is 1.49. The summed E-state index contributed by atoms with van der Waals surface area (Å²) in [6.07, 6.45) is 0. The van der Waals surface area contributed by atoms with E-state index in [1.54, 1.807) is 6.07 Å². The summed E-state index contributed by atoms with van der Waals surface area (Å²) < 4.78 is 7.00. The van der Waals surface area contributed by atoms with Crippen LogP contribution in [0.25, 0.3) is 22.3 Å². The van der Waals surface area contributed by atoms with Crippen LogP contribution >= 0.6 is 0 Å². The molecule has 2 heterocycles. The second kappa shape index (κ2) is 3.38. The molecule has 86 valence electrons. The highest BCUT2D eigenvalue weighted by molar-refractivity contribution is 5.87. The Morgan fingerprint density at radius 3 is 2.76 bits per heavy atom. The van der Waals surface area contributed by atoms with Crippen LogP contribution in [0.4, 0.5) is 5.88 Å². The van der Waals surface area contributed by atoms with E-state index in [1.165, 1.54) is 16.5 Å². The summed E-state index contributed by atoms with van der Waals surface area (Å²) in [5.74, 6) is 0.335. The molecule has 0 spiro atoms. The number of hydrogen-bond donors (Lipinski definition) is 1. The number of aromatic nitrogens is 2. The zero-order valence-corrected chi connectivity index (χ0v) is 9.77. The van der Waals surface area contributed by atoms with Gasteiger partial charge in [0, 0.05) is 24.0 Å². The minimum atomic E-state index is 0.335. The first-order valence-electron chi connectivity index (χ1n) is 5.44. The molecule has 0 amide bonds. The van der Waals surface area contributed by atoms with Crippen molar-refractivity contribution < 1.29 is 4.52 Å². The molecule has 0 saturated heterocycles. The SMILES string of the molecule is Cc1ccc2c(c1)cc(-c1cc(N)on1)n2C. The molecule has 0 unspecified atom stereocenters. The quantitative estimate of drug-likeness (QED) is 0.695. The van der Waals surface area contributed by atoms with Crippen molar-refractivity contribution in [3.63, 3.8) is 0 Å². The lowest BCUT2D eigenvalue weighted by Gasteiger charge is -2.00. The molecule has 3 aromatic rings. The van der Waals surface area contributed by atoms with E-state index in [1.807, 2.05) is 7.05 Å². The van der Waals surface area contributed by atoms with Crippen LogP contribution in [0.1, 0.15) is 5.56 Å². The van der Waals surface area contributed by atoms with Crippen LogP contribution in [0.15, 0.2) is 34.9 Å². The highest BCUT2D eigenvalue weighted by atomic mass is 16.5. The normalized spacial score (nSPS) is 11.2. The predicted molar refractivity (Wildman–Crippen MR) is 67.6 cm³/mol. The molecule has 4 nitrogen and oxygen atoms in total. The molecule has 0 aliphatic rings. The van der Waals surface area contributed by atoms with E-state index in [0.717, 1.165) is 11.4 Å². The first kappa shape index (κ1) is 9.96. The molecule has 4 heteroatoms. The summed E-state index contributed by atoms with van der Waals surface area (Å²) in [4.78, 5) is 0. The summed E-state index contributed by atoms with van der Waals surface area (Å²) in [5, 5.41) is 5.14. The molecule has 0 bridgehead atoms. The number of hydrogen-bond acceptors (Lipinski definition) is 3. The van der Waals surface area contributed by atoms with Crippen LogP contribution in [0.2, 0.25) is 0 Å². The van der Waals surface area contributed by atoms with E-state index >= 15 is 0 Å². The highest BCUT2D eigenvalue weighted by Crippen LogP contribution is 2.27. The molecule has 3 rings (SSSR count). The maximum Gasteiger partial charge on any atom is 0.222 e. The summed E-state index contributed by atoms with van der Waals surface area (Å²) in [6, 6.07) is 10.2. The molecule has 1 aromatic carbocycles. The smallest absolute Gasteiger partial charge is 0.222 e. The van der Waals surface area contributed by atoms with Crippen LogP contribution in [-0.4, -0.2) is 9.72 Å². The number of rotatable bonds is 1. The monoisotopic (exact) mass is 227 g/mol. The van der Waals surface area contributed by atoms with Gasteiger partial charge in [0.25, 0.3) is 0 Å². The summed E-state index contributed by atoms with van der Waals surface area (Å²) in [7, 11) is 2.01. The largest absolute Gasteiger partial charge is 0.368 e. The van der Waals surface area contributed by atoms with Crippen molar-refractivity contribution in [2.24, 2.45) is 7.05 Å². The highest BCUT2D eigenvalue weighted by Gasteiger charge is 2.11. The van der Waals surface area contributed by atoms with Crippen LogP contribution in [0.3, 0.4) is 0 Å². The number of nitrogens with zero attached hydrogens (tertiary/aromatic N) is 2. The lowest BCUT2D eigenvalue weighted by molar-refractivity contribution is 0.439. The Morgan fingerprint density at radius 1 is 1.24 bits per heavy atom. The van der Waals surface area contributed by atoms with E-state index in [4.69, 9.17) is 10.3 Å². The number of fused-ring (bicyclic) bond motifs is 1. The molecular weight excluding hydrogens is 214 g/mol. The van der Waals surface area contributed by atoms with Gasteiger partial charge in [0.2, 0.25) is 5.88 Å². The fourth-order valence-corrected chi connectivity index (χ4v) is 2.12. The Bertz CT molecular complexity index is 694. The van der Waals surface area contributed by atoms with Crippen LogP contribution < -0.4 is 5.73 Å². The molecular formula is C13H13N3O. The molecule has 0 atom stereocenters. The zero-order chi connectivity index (χ0) is 12.0. The Labute approximate surface area is 98.6 Å². The Hall–Kier alpha value is -2.23. The Balaban J connectivity index is 2.27. The van der Waals surface area contributed by atoms with Gasteiger partial charge in [0.05, 0.1) is 5.69 Å². The van der Waals surface area contributed by atoms with Gasteiger partial charge < -0.3 is 14.8 Å². The maximum absolute atomic E-state index is 5.55. The van der Waals surface area contributed by atoms with Crippen molar-refractivity contribution in [1.82, 2.24) is 9.72 Å². The van der Waals surface area contributed by atoms with Crippen molar-refractivity contribution in [3.05, 3.63) is 35.9 Å². The second-order valence-corrected chi connectivity index (χ2v) is 4.27. The van der Waals surface area contributed by atoms with Gasteiger partial charge in [0.1, 0.15) is 5.69 Å². The van der Waals surface area contributed by atoms with Gasteiger partial charge in [-0.25, -0.2) is 0 Å². The fourth-order valence-electron chi connectivity index (χ4n) is 2.12. The Morgan fingerprint density at radius 2 is 2.06 bits per heavy atom. The summed E-state index contributed by atoms with van der Waals surface area (Å²) in [5.41, 5.74) is 9.73. The molecule has 0 aliphatic heterocycles. The summed E-state index contributed by atoms with van der Waals surface area (Å²) >= 11 is 0. The number of anilines is 1. The molecule has 0 radical (unpaired) electrons. The minimum Gasteiger partial charge on any atom is -0.368 e. The molecule has 0 saturated carbocycles. The van der Waals surface area contributed by atoms with Gasteiger partial charge in [-0.3, -0.25) is 0 Å². The maximum atomic E-state index is 5.55. The number of aryl methyl sites for hydroxylation is 2. The van der Waals surface area contributed by atoms with Crippen LogP contribution in [0.5, 0.6) is 0 Å². The first-order valence-corrected chi connectivity index (χ1v) is 5.44. The van der Waals surface area contributed by atoms with E-state index in [9.17, 15) is 0 Å². The van der Waals surface area contributed by atoms with Gasteiger partial charge in [-0.15, -0.1) is 0 Å². The van der Waals surface area contributed by atoms with Gasteiger partial charge in [-0.1, -0.05) is 16.8 Å². The lowest BCUT2D eigenvalue weighted by Crippen LogP contribution is -1.90. The standard InChI is InChI=1S/C13H13N3O/c1-8-3-4-11-9(5-8)6-12(16(11)2)10-7-13(14)17-15-10/h3-7H,14H2,1-2H3. The average molecular weight is 227 g/mol. The van der Waals surface area contributed by atoms with Crippen molar-refractivity contribution in [1.29, 1.82) is 0 Å². The van der Waals surface area contributed by atoms with Crippen molar-refractivity contribution in [2.75, 3.05) is 5.73 Å². The zero-order valence-electron chi connectivity index (χ0n) is 9.77. The van der Waals surface area contributed by atoms with Crippen molar-refractivity contribution in [3.8, 4) is 11.4 Å². The van der Waals surface area contributed by atoms with E-state index < -0.39 is 0 Å². The first-order chi connectivity index (χ1) is 8.15. The van der Waals surface area contributed by atoms with Gasteiger partial charge in [0.15, 0.2) is 0 Å². The number of nitrogens with two attached hydrogens (primary N) is 1. The molecule has 0 fully saturated rings. The average Bonchev–Trinajstić information content (AvgIpc) is 2.83. The van der Waals surface area contributed by atoms with Crippen LogP contribution in [-0.2, 0) is 7.05 Å².